The Morgan fingerprint density at radius 2 is 1.11 bits per heavy atom. The van der Waals surface area contributed by atoms with Gasteiger partial charge in [0.15, 0.2) is 12.6 Å². The molecule has 0 bridgehead atoms. The summed E-state index contributed by atoms with van der Waals surface area (Å²) in [6.45, 7) is 3.49. The molecule has 0 aromatic carbocycles. The highest BCUT2D eigenvalue weighted by atomic mass is 16.7. The van der Waals surface area contributed by atoms with Crippen molar-refractivity contribution in [3.8, 4) is 0 Å². The van der Waals surface area contributed by atoms with E-state index < -0.39 is 86.7 Å². The molecule has 0 aromatic rings. The highest BCUT2D eigenvalue weighted by molar-refractivity contribution is 5.69. The number of carbonyl (C=O) groups is 1. The second-order valence-corrected chi connectivity index (χ2v) is 15.2. The van der Waals surface area contributed by atoms with Crippen molar-refractivity contribution in [1.82, 2.24) is 0 Å². The molecule has 2 fully saturated rings. The first kappa shape index (κ1) is 50.6. The zero-order valence-electron chi connectivity index (χ0n) is 34.1. The van der Waals surface area contributed by atoms with Crippen molar-refractivity contribution < 1.29 is 69.0 Å². The lowest BCUT2D eigenvalue weighted by Crippen LogP contribution is -2.61. The summed E-state index contributed by atoms with van der Waals surface area (Å²) in [7, 11) is 0. The minimum atomic E-state index is -1.70. The van der Waals surface area contributed by atoms with Crippen LogP contribution in [0.4, 0.5) is 0 Å². The first-order valence-corrected chi connectivity index (χ1v) is 21.4. The maximum Gasteiger partial charge on any atom is 0.306 e. The summed E-state index contributed by atoms with van der Waals surface area (Å²) in [4.78, 5) is 12.6. The van der Waals surface area contributed by atoms with Crippen molar-refractivity contribution in [3.63, 3.8) is 0 Å². The van der Waals surface area contributed by atoms with E-state index in [1.54, 1.807) is 0 Å². The molecule has 14 heteroatoms. The molecule has 14 nitrogen and oxygen atoms in total. The third kappa shape index (κ3) is 20.4. The molecule has 2 aliphatic heterocycles. The summed E-state index contributed by atoms with van der Waals surface area (Å²) in [5, 5.41) is 71.5. The molecule has 0 spiro atoms. The number of unbranched alkanes of at least 4 members (excludes halogenated alkanes) is 14. The molecule has 0 radical (unpaired) electrons. The molecule has 328 valence electrons. The smallest absolute Gasteiger partial charge is 0.306 e. The SMILES string of the molecule is CCCCC/C=C\C/C=C\CCCCCCCCCCOCC(COC1OC(COC2OC(CO)C(O)C(O)C2O)C(O)C(O)C1O)OC(=O)CCCCCC. The predicted octanol–water partition coefficient (Wildman–Crippen LogP) is 4.12. The van der Waals surface area contributed by atoms with Crippen LogP contribution in [0.3, 0.4) is 0 Å². The molecule has 2 rings (SSSR count). The lowest BCUT2D eigenvalue weighted by Gasteiger charge is -2.42. The molecule has 0 saturated carbocycles. The lowest BCUT2D eigenvalue weighted by atomic mass is 9.98. The van der Waals surface area contributed by atoms with Crippen LogP contribution in [0.1, 0.15) is 136 Å². The van der Waals surface area contributed by atoms with Gasteiger partial charge in [-0.25, -0.2) is 0 Å². The van der Waals surface area contributed by atoms with E-state index in [0.29, 0.717) is 13.0 Å². The van der Waals surface area contributed by atoms with Gasteiger partial charge in [0.05, 0.1) is 26.4 Å². The average molecular weight is 805 g/mol. The quantitative estimate of drug-likeness (QED) is 0.0290. The molecule has 0 aliphatic carbocycles. The summed E-state index contributed by atoms with van der Waals surface area (Å²) < 4.78 is 33.8. The number of ether oxygens (including phenoxy) is 6. The molecule has 56 heavy (non-hydrogen) atoms. The van der Waals surface area contributed by atoms with Gasteiger partial charge in [-0.1, -0.05) is 109 Å². The Morgan fingerprint density at radius 3 is 1.73 bits per heavy atom. The van der Waals surface area contributed by atoms with Gasteiger partial charge in [-0.2, -0.15) is 0 Å². The van der Waals surface area contributed by atoms with Crippen LogP contribution in [0.25, 0.3) is 0 Å². The zero-order valence-corrected chi connectivity index (χ0v) is 34.1. The lowest BCUT2D eigenvalue weighted by molar-refractivity contribution is -0.332. The minimum absolute atomic E-state index is 0.0576. The molecule has 2 aliphatic rings. The van der Waals surface area contributed by atoms with Crippen LogP contribution < -0.4 is 0 Å². The number of aliphatic hydroxyl groups excluding tert-OH is 7. The number of aliphatic hydroxyl groups is 7. The maximum absolute atomic E-state index is 12.6. The summed E-state index contributed by atoms with van der Waals surface area (Å²) >= 11 is 0. The average Bonchev–Trinajstić information content (AvgIpc) is 3.19. The third-order valence-corrected chi connectivity index (χ3v) is 10.2. The first-order valence-electron chi connectivity index (χ1n) is 21.4. The Labute approximate surface area is 335 Å². The molecular formula is C42H76O14. The van der Waals surface area contributed by atoms with E-state index in [0.717, 1.165) is 51.4 Å². The van der Waals surface area contributed by atoms with Crippen LogP contribution in [0.15, 0.2) is 24.3 Å². The Morgan fingerprint density at radius 1 is 0.589 bits per heavy atom. The van der Waals surface area contributed by atoms with Gasteiger partial charge in [-0.15, -0.1) is 0 Å². The van der Waals surface area contributed by atoms with Gasteiger partial charge in [0.25, 0.3) is 0 Å². The largest absolute Gasteiger partial charge is 0.457 e. The van der Waals surface area contributed by atoms with Gasteiger partial charge in [0, 0.05) is 13.0 Å². The Balaban J connectivity index is 1.73. The highest BCUT2D eigenvalue weighted by Gasteiger charge is 2.47. The third-order valence-electron chi connectivity index (χ3n) is 10.2. The van der Waals surface area contributed by atoms with Crippen molar-refractivity contribution in [2.75, 3.05) is 33.0 Å². The van der Waals surface area contributed by atoms with Crippen LogP contribution in [-0.4, -0.2) is 142 Å². The molecule has 2 heterocycles. The fourth-order valence-electron chi connectivity index (χ4n) is 6.61. The second-order valence-electron chi connectivity index (χ2n) is 15.2. The number of hydrogen-bond acceptors (Lipinski definition) is 14. The summed E-state index contributed by atoms with van der Waals surface area (Å²) in [6.07, 6.45) is 13.2. The van der Waals surface area contributed by atoms with Crippen LogP contribution in [0.5, 0.6) is 0 Å². The van der Waals surface area contributed by atoms with E-state index in [-0.39, 0.29) is 19.6 Å². The van der Waals surface area contributed by atoms with Gasteiger partial charge in [-0.05, 0) is 44.9 Å². The monoisotopic (exact) mass is 805 g/mol. The Bertz CT molecular complexity index is 1030. The van der Waals surface area contributed by atoms with Crippen molar-refractivity contribution in [3.05, 3.63) is 24.3 Å². The van der Waals surface area contributed by atoms with Crippen LogP contribution in [-0.2, 0) is 33.2 Å². The fourth-order valence-corrected chi connectivity index (χ4v) is 6.61. The van der Waals surface area contributed by atoms with E-state index in [2.05, 4.69) is 38.2 Å². The predicted molar refractivity (Wildman–Crippen MR) is 210 cm³/mol. The summed E-state index contributed by atoms with van der Waals surface area (Å²) in [6, 6.07) is 0. The number of carbonyl (C=O) groups excluding carboxylic acids is 1. The molecule has 7 N–H and O–H groups in total. The van der Waals surface area contributed by atoms with Crippen molar-refractivity contribution in [1.29, 1.82) is 0 Å². The standard InChI is InChI=1S/C42H76O14/c1-3-5-7-9-10-11-12-13-14-15-16-17-18-19-20-21-22-24-26-51-28-31(54-34(44)25-23-8-6-4-2)29-52-41-40(50)38(48)36(46)33(56-41)30-53-42-39(49)37(47)35(45)32(27-43)55-42/h10-11,13-14,31-33,35-43,45-50H,3-9,12,15-30H2,1-2H3/b11-10-,14-13-. The number of hydrogen-bond donors (Lipinski definition) is 7. The maximum atomic E-state index is 12.6. The van der Waals surface area contributed by atoms with E-state index in [4.69, 9.17) is 28.4 Å². The first-order chi connectivity index (χ1) is 27.1. The van der Waals surface area contributed by atoms with Gasteiger partial charge >= 0.3 is 5.97 Å². The number of esters is 1. The Kier molecular flexibility index (Phi) is 28.4. The molecule has 11 unspecified atom stereocenters. The fraction of sp³-hybridized carbons (Fsp3) is 0.881. The summed E-state index contributed by atoms with van der Waals surface area (Å²) in [5.41, 5.74) is 0. The van der Waals surface area contributed by atoms with Crippen LogP contribution >= 0.6 is 0 Å². The van der Waals surface area contributed by atoms with Gasteiger partial charge in [0.2, 0.25) is 0 Å². The van der Waals surface area contributed by atoms with E-state index in [9.17, 15) is 40.5 Å². The van der Waals surface area contributed by atoms with Gasteiger partial charge in [0.1, 0.15) is 54.9 Å². The highest BCUT2D eigenvalue weighted by Crippen LogP contribution is 2.26. The molecule has 0 amide bonds. The van der Waals surface area contributed by atoms with Gasteiger partial charge < -0.3 is 64.2 Å². The zero-order chi connectivity index (χ0) is 41.0. The summed E-state index contributed by atoms with van der Waals surface area (Å²) in [5.74, 6) is -0.397. The molecule has 11 atom stereocenters. The molecular weight excluding hydrogens is 728 g/mol. The van der Waals surface area contributed by atoms with Crippen LogP contribution in [0, 0.1) is 0 Å². The number of rotatable bonds is 32. The second kappa shape index (κ2) is 31.4. The van der Waals surface area contributed by atoms with E-state index >= 15 is 0 Å². The van der Waals surface area contributed by atoms with Crippen LogP contribution in [0.2, 0.25) is 0 Å². The normalized spacial score (nSPS) is 29.0. The van der Waals surface area contributed by atoms with E-state index in [1.807, 2.05) is 0 Å². The van der Waals surface area contributed by atoms with E-state index in [1.165, 1.54) is 57.8 Å². The molecule has 0 aromatic heterocycles. The van der Waals surface area contributed by atoms with Gasteiger partial charge in [-0.3, -0.25) is 4.79 Å². The van der Waals surface area contributed by atoms with Crippen molar-refractivity contribution in [2.24, 2.45) is 0 Å². The minimum Gasteiger partial charge on any atom is -0.457 e. The number of allylic oxidation sites excluding steroid dienone is 4. The van der Waals surface area contributed by atoms with Crippen molar-refractivity contribution >= 4 is 5.97 Å². The molecule has 2 saturated heterocycles. The van der Waals surface area contributed by atoms with Crippen molar-refractivity contribution in [2.45, 2.75) is 203 Å². The Hall–Kier alpha value is -1.53. The topological polar surface area (TPSA) is 214 Å².